The van der Waals surface area contributed by atoms with Crippen LogP contribution in [0.2, 0.25) is 0 Å². The summed E-state index contributed by atoms with van der Waals surface area (Å²) in [7, 11) is 0. The highest BCUT2D eigenvalue weighted by molar-refractivity contribution is 5.99. The lowest BCUT2D eigenvalue weighted by molar-refractivity contribution is 0.0322. The van der Waals surface area contributed by atoms with Crippen molar-refractivity contribution in [2.24, 2.45) is 0 Å². The Morgan fingerprint density at radius 2 is 1.69 bits per heavy atom. The SMILES string of the molecule is O=C(NCc1cccc(OCCN2CCOCC2)c1)c1cn(-c2ccccc2)nc1-c1ccccc1. The van der Waals surface area contributed by atoms with Gasteiger partial charge in [-0.05, 0) is 29.8 Å². The molecular formula is C29H30N4O3. The topological polar surface area (TPSA) is 68.6 Å². The van der Waals surface area contributed by atoms with Crippen LogP contribution in [-0.4, -0.2) is 60.0 Å². The highest BCUT2D eigenvalue weighted by Gasteiger charge is 2.18. The Balaban J connectivity index is 1.25. The molecule has 7 nitrogen and oxygen atoms in total. The van der Waals surface area contributed by atoms with Gasteiger partial charge in [-0.25, -0.2) is 4.68 Å². The standard InChI is InChI=1S/C29H30N4O3/c34-29(30-21-23-8-7-13-26(20-23)36-19-16-32-14-17-35-18-15-32)27-22-33(25-11-5-2-6-12-25)31-28(27)24-9-3-1-4-10-24/h1-13,20,22H,14-19,21H2,(H,30,34). The van der Waals surface area contributed by atoms with E-state index in [1.54, 1.807) is 10.9 Å². The first-order valence-corrected chi connectivity index (χ1v) is 12.3. The lowest BCUT2D eigenvalue weighted by Gasteiger charge is -2.26. The van der Waals surface area contributed by atoms with Crippen LogP contribution in [0.1, 0.15) is 15.9 Å². The van der Waals surface area contributed by atoms with Gasteiger partial charge in [0.15, 0.2) is 0 Å². The zero-order valence-corrected chi connectivity index (χ0v) is 20.2. The number of para-hydroxylation sites is 1. The van der Waals surface area contributed by atoms with Crippen LogP contribution in [0, 0.1) is 0 Å². The van der Waals surface area contributed by atoms with Crippen molar-refractivity contribution in [3.63, 3.8) is 0 Å². The van der Waals surface area contributed by atoms with E-state index in [0.29, 0.717) is 24.4 Å². The molecule has 0 atom stereocenters. The third-order valence-electron chi connectivity index (χ3n) is 6.16. The van der Waals surface area contributed by atoms with E-state index in [1.807, 2.05) is 84.9 Å². The van der Waals surface area contributed by atoms with Crippen molar-refractivity contribution in [1.82, 2.24) is 20.0 Å². The maximum absolute atomic E-state index is 13.3. The average molecular weight is 483 g/mol. The minimum absolute atomic E-state index is 0.172. The molecule has 1 fully saturated rings. The summed E-state index contributed by atoms with van der Waals surface area (Å²) >= 11 is 0. The molecule has 0 saturated carbocycles. The second-order valence-corrected chi connectivity index (χ2v) is 8.67. The van der Waals surface area contributed by atoms with Gasteiger partial charge in [0.1, 0.15) is 18.1 Å². The minimum Gasteiger partial charge on any atom is -0.492 e. The Hall–Kier alpha value is -3.94. The number of carbonyl (C=O) groups excluding carboxylic acids is 1. The van der Waals surface area contributed by atoms with E-state index in [0.717, 1.165) is 55.4 Å². The van der Waals surface area contributed by atoms with Gasteiger partial charge in [0.2, 0.25) is 0 Å². The van der Waals surface area contributed by atoms with Crippen molar-refractivity contribution in [2.45, 2.75) is 6.54 Å². The molecule has 1 aromatic heterocycles. The van der Waals surface area contributed by atoms with Crippen molar-refractivity contribution < 1.29 is 14.3 Å². The molecule has 2 heterocycles. The molecule has 4 aromatic rings. The summed E-state index contributed by atoms with van der Waals surface area (Å²) in [4.78, 5) is 15.6. The van der Waals surface area contributed by atoms with Crippen molar-refractivity contribution in [3.8, 4) is 22.7 Å². The molecular weight excluding hydrogens is 452 g/mol. The highest BCUT2D eigenvalue weighted by Crippen LogP contribution is 2.24. The molecule has 1 amide bonds. The summed E-state index contributed by atoms with van der Waals surface area (Å²) in [6.45, 7) is 5.34. The molecule has 1 saturated heterocycles. The van der Waals surface area contributed by atoms with Crippen LogP contribution in [0.3, 0.4) is 0 Å². The number of hydrogen-bond acceptors (Lipinski definition) is 5. The molecule has 7 heteroatoms. The van der Waals surface area contributed by atoms with Crippen LogP contribution in [-0.2, 0) is 11.3 Å². The minimum atomic E-state index is -0.172. The van der Waals surface area contributed by atoms with Crippen molar-refractivity contribution in [1.29, 1.82) is 0 Å². The molecule has 184 valence electrons. The number of amides is 1. The largest absolute Gasteiger partial charge is 0.492 e. The van der Waals surface area contributed by atoms with Crippen LogP contribution in [0.25, 0.3) is 16.9 Å². The van der Waals surface area contributed by atoms with E-state index in [-0.39, 0.29) is 5.91 Å². The highest BCUT2D eigenvalue weighted by atomic mass is 16.5. The van der Waals surface area contributed by atoms with Crippen LogP contribution in [0.4, 0.5) is 0 Å². The molecule has 5 rings (SSSR count). The first-order valence-electron chi connectivity index (χ1n) is 12.3. The molecule has 1 N–H and O–H groups in total. The molecule has 0 bridgehead atoms. The van der Waals surface area contributed by atoms with Crippen LogP contribution >= 0.6 is 0 Å². The number of morpholine rings is 1. The molecule has 0 unspecified atom stereocenters. The second-order valence-electron chi connectivity index (χ2n) is 8.67. The maximum Gasteiger partial charge on any atom is 0.255 e. The molecule has 0 spiro atoms. The molecule has 1 aliphatic heterocycles. The monoisotopic (exact) mass is 482 g/mol. The normalized spacial score (nSPS) is 13.9. The number of hydrogen-bond donors (Lipinski definition) is 1. The predicted octanol–water partition coefficient (Wildman–Crippen LogP) is 4.18. The first-order chi connectivity index (χ1) is 17.8. The van der Waals surface area contributed by atoms with Crippen LogP contribution in [0.15, 0.2) is 91.1 Å². The van der Waals surface area contributed by atoms with Crippen LogP contribution < -0.4 is 10.1 Å². The Morgan fingerprint density at radius 3 is 2.47 bits per heavy atom. The van der Waals surface area contributed by atoms with Gasteiger partial charge in [0.05, 0.1) is 24.5 Å². The summed E-state index contributed by atoms with van der Waals surface area (Å²) in [5, 5.41) is 7.79. The molecule has 0 aliphatic carbocycles. The predicted molar refractivity (Wildman–Crippen MR) is 139 cm³/mol. The lowest BCUT2D eigenvalue weighted by atomic mass is 10.1. The number of carbonyl (C=O) groups is 1. The Bertz CT molecular complexity index is 1270. The number of benzene rings is 3. The number of aromatic nitrogens is 2. The van der Waals surface area contributed by atoms with Gasteiger partial charge >= 0.3 is 0 Å². The summed E-state index contributed by atoms with van der Waals surface area (Å²) in [6.07, 6.45) is 1.79. The third kappa shape index (κ3) is 6.00. The van der Waals surface area contributed by atoms with Gasteiger partial charge in [-0.1, -0.05) is 60.7 Å². The fraction of sp³-hybridized carbons (Fsp3) is 0.241. The van der Waals surface area contributed by atoms with E-state index in [1.165, 1.54) is 0 Å². The van der Waals surface area contributed by atoms with Crippen molar-refractivity contribution in [2.75, 3.05) is 39.5 Å². The first kappa shape index (κ1) is 23.8. The average Bonchev–Trinajstić information content (AvgIpc) is 3.39. The fourth-order valence-corrected chi connectivity index (χ4v) is 4.20. The molecule has 1 aliphatic rings. The second kappa shape index (κ2) is 11.7. The van der Waals surface area contributed by atoms with Gasteiger partial charge in [0, 0.05) is 37.9 Å². The van der Waals surface area contributed by atoms with E-state index in [2.05, 4.69) is 10.2 Å². The summed E-state index contributed by atoms with van der Waals surface area (Å²) in [5.74, 6) is 0.631. The number of nitrogens with zero attached hydrogens (tertiary/aromatic N) is 3. The van der Waals surface area contributed by atoms with E-state index >= 15 is 0 Å². The van der Waals surface area contributed by atoms with Gasteiger partial charge < -0.3 is 14.8 Å². The van der Waals surface area contributed by atoms with Crippen molar-refractivity contribution >= 4 is 5.91 Å². The zero-order valence-electron chi connectivity index (χ0n) is 20.2. The third-order valence-corrected chi connectivity index (χ3v) is 6.16. The van der Waals surface area contributed by atoms with E-state index in [9.17, 15) is 4.79 Å². The molecule has 0 radical (unpaired) electrons. The Morgan fingerprint density at radius 1 is 0.944 bits per heavy atom. The number of ether oxygens (including phenoxy) is 2. The molecule has 3 aromatic carbocycles. The van der Waals surface area contributed by atoms with Gasteiger partial charge in [0.25, 0.3) is 5.91 Å². The van der Waals surface area contributed by atoms with E-state index < -0.39 is 0 Å². The Labute approximate surface area is 211 Å². The zero-order chi connectivity index (χ0) is 24.6. The number of nitrogens with one attached hydrogen (secondary N) is 1. The summed E-state index contributed by atoms with van der Waals surface area (Å²) in [5.41, 5.74) is 3.95. The van der Waals surface area contributed by atoms with Crippen LogP contribution in [0.5, 0.6) is 5.75 Å². The summed E-state index contributed by atoms with van der Waals surface area (Å²) in [6, 6.07) is 27.4. The maximum atomic E-state index is 13.3. The molecule has 36 heavy (non-hydrogen) atoms. The van der Waals surface area contributed by atoms with Gasteiger partial charge in [-0.3, -0.25) is 9.69 Å². The van der Waals surface area contributed by atoms with Crippen molar-refractivity contribution in [3.05, 3.63) is 102 Å². The smallest absolute Gasteiger partial charge is 0.255 e. The Kier molecular flexibility index (Phi) is 7.70. The van der Waals surface area contributed by atoms with Gasteiger partial charge in [-0.15, -0.1) is 0 Å². The quantitative estimate of drug-likeness (QED) is 0.388. The fourth-order valence-electron chi connectivity index (χ4n) is 4.20. The van der Waals surface area contributed by atoms with E-state index in [4.69, 9.17) is 14.6 Å². The lowest BCUT2D eigenvalue weighted by Crippen LogP contribution is -2.38. The number of rotatable bonds is 9. The summed E-state index contributed by atoms with van der Waals surface area (Å²) < 4.78 is 13.1. The van der Waals surface area contributed by atoms with Gasteiger partial charge in [-0.2, -0.15) is 5.10 Å².